The Balaban J connectivity index is 1.85. The zero-order valence-corrected chi connectivity index (χ0v) is 17.9. The number of nitrogens with zero attached hydrogens (tertiary/aromatic N) is 2. The number of hydrogen-bond donors (Lipinski definition) is 1. The predicted octanol–water partition coefficient (Wildman–Crippen LogP) is 4.29. The lowest BCUT2D eigenvalue weighted by Gasteiger charge is -2.31. The fraction of sp³-hybridized carbons (Fsp3) is 0.318. The molecule has 2 amide bonds. The average Bonchev–Trinajstić information content (AvgIpc) is 2.70. The van der Waals surface area contributed by atoms with Gasteiger partial charge in [-0.2, -0.15) is 0 Å². The van der Waals surface area contributed by atoms with Gasteiger partial charge in [0.05, 0.1) is 7.11 Å². The van der Waals surface area contributed by atoms with Crippen LogP contribution in [0.3, 0.4) is 0 Å². The minimum Gasteiger partial charge on any atom is -0.494 e. The van der Waals surface area contributed by atoms with Crippen LogP contribution in [0, 0.1) is 13.8 Å². The molecule has 1 fully saturated rings. The first-order chi connectivity index (χ1) is 13.9. The van der Waals surface area contributed by atoms with E-state index in [2.05, 4.69) is 10.3 Å². The summed E-state index contributed by atoms with van der Waals surface area (Å²) in [5, 5.41) is 2.92. The van der Waals surface area contributed by atoms with Gasteiger partial charge >= 0.3 is 0 Å². The monoisotopic (exact) mass is 411 g/mol. The molecule has 152 valence electrons. The second-order valence-corrected chi connectivity index (χ2v) is 7.99. The van der Waals surface area contributed by atoms with E-state index in [-0.39, 0.29) is 18.2 Å². The van der Waals surface area contributed by atoms with Gasteiger partial charge in [-0.25, -0.2) is 4.99 Å². The van der Waals surface area contributed by atoms with Crippen LogP contribution < -0.4 is 10.1 Å². The number of thioether (sulfide) groups is 1. The van der Waals surface area contributed by atoms with Crippen molar-refractivity contribution >= 4 is 40.1 Å². The van der Waals surface area contributed by atoms with Gasteiger partial charge in [0.25, 0.3) is 0 Å². The van der Waals surface area contributed by atoms with E-state index in [1.54, 1.807) is 12.0 Å². The van der Waals surface area contributed by atoms with Crippen LogP contribution >= 0.6 is 11.8 Å². The molecule has 2 aromatic carbocycles. The Morgan fingerprint density at radius 2 is 2.03 bits per heavy atom. The second-order valence-electron chi connectivity index (χ2n) is 6.82. The summed E-state index contributed by atoms with van der Waals surface area (Å²) >= 11 is 1.31. The zero-order valence-electron chi connectivity index (χ0n) is 17.1. The zero-order chi connectivity index (χ0) is 21.0. The van der Waals surface area contributed by atoms with E-state index in [1.807, 2.05) is 63.2 Å². The van der Waals surface area contributed by atoms with Crippen LogP contribution in [0.4, 0.5) is 11.4 Å². The molecule has 0 spiro atoms. The topological polar surface area (TPSA) is 71.0 Å². The first kappa shape index (κ1) is 20.9. The van der Waals surface area contributed by atoms with Gasteiger partial charge < -0.3 is 10.1 Å². The van der Waals surface area contributed by atoms with Crippen molar-refractivity contribution in [2.75, 3.05) is 19.0 Å². The summed E-state index contributed by atoms with van der Waals surface area (Å²) in [6.45, 7) is 6.35. The van der Waals surface area contributed by atoms with Gasteiger partial charge in [-0.3, -0.25) is 14.5 Å². The number of rotatable bonds is 5. The summed E-state index contributed by atoms with van der Waals surface area (Å²) in [5.74, 6) is 0.311. The minimum absolute atomic E-state index is 0.110. The maximum absolute atomic E-state index is 12.9. The van der Waals surface area contributed by atoms with E-state index in [0.717, 1.165) is 16.8 Å². The lowest BCUT2D eigenvalue weighted by molar-refractivity contribution is -0.129. The van der Waals surface area contributed by atoms with Crippen molar-refractivity contribution in [3.8, 4) is 5.75 Å². The van der Waals surface area contributed by atoms with Gasteiger partial charge in [-0.1, -0.05) is 41.6 Å². The Hall–Kier alpha value is -2.80. The van der Waals surface area contributed by atoms with Crippen LogP contribution in [0.25, 0.3) is 0 Å². The molecule has 0 saturated carbocycles. The first-order valence-corrected chi connectivity index (χ1v) is 10.4. The maximum Gasteiger partial charge on any atom is 0.238 e. The molecule has 1 N–H and O–H groups in total. The molecule has 1 saturated heterocycles. The van der Waals surface area contributed by atoms with E-state index < -0.39 is 5.25 Å². The Bertz CT molecular complexity index is 958. The highest BCUT2D eigenvalue weighted by Gasteiger charge is 2.35. The lowest BCUT2D eigenvalue weighted by Crippen LogP contribution is -2.45. The third-order valence-corrected chi connectivity index (χ3v) is 5.88. The highest BCUT2D eigenvalue weighted by Crippen LogP contribution is 2.33. The van der Waals surface area contributed by atoms with Gasteiger partial charge in [0.2, 0.25) is 11.8 Å². The van der Waals surface area contributed by atoms with Crippen LogP contribution in [-0.4, -0.2) is 40.8 Å². The fourth-order valence-corrected chi connectivity index (χ4v) is 4.30. The average molecular weight is 412 g/mol. The fourth-order valence-electron chi connectivity index (χ4n) is 3.14. The number of hydrogen-bond acceptors (Lipinski definition) is 5. The number of benzene rings is 2. The number of methoxy groups -OCH3 is 1. The van der Waals surface area contributed by atoms with Crippen LogP contribution in [0.15, 0.2) is 47.5 Å². The minimum atomic E-state index is -0.542. The van der Waals surface area contributed by atoms with E-state index in [0.29, 0.717) is 23.1 Å². The van der Waals surface area contributed by atoms with Crippen molar-refractivity contribution in [2.24, 2.45) is 4.99 Å². The van der Waals surface area contributed by atoms with E-state index in [9.17, 15) is 9.59 Å². The standard InChI is InChI=1S/C22H25N3O3S/c1-5-25-20(26)13-19(21(27)23-16-11-10-14(2)12-15(16)3)29-22(25)24-17-8-6-7-9-18(17)28-4/h6-12,19H,5,13H2,1-4H3,(H,23,27)/t19-/m0/s1. The Morgan fingerprint density at radius 3 is 2.72 bits per heavy atom. The van der Waals surface area contributed by atoms with Crippen molar-refractivity contribution < 1.29 is 14.3 Å². The van der Waals surface area contributed by atoms with Crippen LogP contribution in [-0.2, 0) is 9.59 Å². The number of amides is 2. The lowest BCUT2D eigenvalue weighted by atomic mass is 10.1. The van der Waals surface area contributed by atoms with Crippen molar-refractivity contribution in [3.05, 3.63) is 53.6 Å². The first-order valence-electron chi connectivity index (χ1n) is 9.49. The molecule has 1 atom stereocenters. The number of aliphatic imine (C=N–C) groups is 1. The summed E-state index contributed by atoms with van der Waals surface area (Å²) in [7, 11) is 1.58. The van der Waals surface area contributed by atoms with Crippen molar-refractivity contribution in [3.63, 3.8) is 0 Å². The molecule has 1 heterocycles. The second kappa shape index (κ2) is 9.13. The van der Waals surface area contributed by atoms with Crippen LogP contribution in [0.5, 0.6) is 5.75 Å². The van der Waals surface area contributed by atoms with Gasteiger partial charge in [-0.05, 0) is 44.5 Å². The highest BCUT2D eigenvalue weighted by atomic mass is 32.2. The molecule has 0 unspecified atom stereocenters. The third kappa shape index (κ3) is 4.79. The molecule has 1 aliphatic rings. The quantitative estimate of drug-likeness (QED) is 0.797. The molecule has 1 aliphatic heterocycles. The number of aryl methyl sites for hydroxylation is 2. The molecule has 3 rings (SSSR count). The van der Waals surface area contributed by atoms with Crippen LogP contribution in [0.1, 0.15) is 24.5 Å². The summed E-state index contributed by atoms with van der Waals surface area (Å²) in [4.78, 5) is 31.8. The third-order valence-electron chi connectivity index (χ3n) is 4.69. The molecule has 0 aromatic heterocycles. The molecular formula is C22H25N3O3S. The molecule has 0 radical (unpaired) electrons. The molecular weight excluding hydrogens is 386 g/mol. The number of amidine groups is 1. The number of carbonyl (C=O) groups excluding carboxylic acids is 2. The van der Waals surface area contributed by atoms with Crippen molar-refractivity contribution in [1.82, 2.24) is 4.90 Å². The summed E-state index contributed by atoms with van der Waals surface area (Å²) < 4.78 is 5.36. The van der Waals surface area contributed by atoms with Gasteiger partial charge in [0.15, 0.2) is 5.17 Å². The van der Waals surface area contributed by atoms with E-state index in [4.69, 9.17) is 4.74 Å². The molecule has 0 aliphatic carbocycles. The van der Waals surface area contributed by atoms with Crippen molar-refractivity contribution in [1.29, 1.82) is 0 Å². The summed E-state index contributed by atoms with van der Waals surface area (Å²) in [6, 6.07) is 13.2. The molecule has 2 aromatic rings. The predicted molar refractivity (Wildman–Crippen MR) is 118 cm³/mol. The number of anilines is 1. The molecule has 29 heavy (non-hydrogen) atoms. The highest BCUT2D eigenvalue weighted by molar-refractivity contribution is 8.15. The summed E-state index contributed by atoms with van der Waals surface area (Å²) in [5.41, 5.74) is 3.50. The maximum atomic E-state index is 12.9. The van der Waals surface area contributed by atoms with E-state index in [1.165, 1.54) is 11.8 Å². The SMILES string of the molecule is CCN1C(=O)C[C@@H](C(=O)Nc2ccc(C)cc2C)SC1=Nc1ccccc1OC. The number of nitrogens with one attached hydrogen (secondary N) is 1. The van der Waals surface area contributed by atoms with Crippen LogP contribution in [0.2, 0.25) is 0 Å². The molecule has 7 heteroatoms. The Labute approximate surface area is 175 Å². The smallest absolute Gasteiger partial charge is 0.238 e. The van der Waals surface area contributed by atoms with Gasteiger partial charge in [0.1, 0.15) is 16.7 Å². The largest absolute Gasteiger partial charge is 0.494 e. The Kier molecular flexibility index (Phi) is 6.59. The summed E-state index contributed by atoms with van der Waals surface area (Å²) in [6.07, 6.45) is 0.139. The number of ether oxygens (including phenoxy) is 1. The number of para-hydroxylation sites is 2. The van der Waals surface area contributed by atoms with Crippen molar-refractivity contribution in [2.45, 2.75) is 32.4 Å². The molecule has 6 nitrogen and oxygen atoms in total. The Morgan fingerprint density at radius 1 is 1.28 bits per heavy atom. The number of carbonyl (C=O) groups is 2. The van der Waals surface area contributed by atoms with Gasteiger partial charge in [0, 0.05) is 18.7 Å². The van der Waals surface area contributed by atoms with E-state index >= 15 is 0 Å². The van der Waals surface area contributed by atoms with Gasteiger partial charge in [-0.15, -0.1) is 0 Å². The molecule has 0 bridgehead atoms. The normalized spacial score (nSPS) is 18.1.